The zero-order valence-corrected chi connectivity index (χ0v) is 10.5. The van der Waals surface area contributed by atoms with Crippen LogP contribution in [0.4, 0.5) is 0 Å². The van der Waals surface area contributed by atoms with Crippen molar-refractivity contribution in [2.45, 2.75) is 13.3 Å². The van der Waals surface area contributed by atoms with Crippen LogP contribution in [-0.4, -0.2) is 6.61 Å². The Labute approximate surface area is 105 Å². The second-order valence-corrected chi connectivity index (χ2v) is 4.77. The number of ether oxygens (including phenoxy) is 1. The van der Waals surface area contributed by atoms with Crippen LogP contribution in [0.5, 0.6) is 5.75 Å². The van der Waals surface area contributed by atoms with E-state index in [-0.39, 0.29) is 0 Å². The first-order valence-electron chi connectivity index (χ1n) is 5.46. The number of hydrogen-bond donors (Lipinski definition) is 0. The van der Waals surface area contributed by atoms with E-state index in [2.05, 4.69) is 17.5 Å². The first kappa shape index (κ1) is 11.7. The smallest absolute Gasteiger partial charge is 0.139 e. The molecule has 0 atom stereocenters. The predicted molar refractivity (Wildman–Crippen MR) is 69.4 cm³/mol. The maximum Gasteiger partial charge on any atom is 0.139 e. The van der Waals surface area contributed by atoms with Crippen LogP contribution in [0.15, 0.2) is 35.7 Å². The van der Waals surface area contributed by atoms with Crippen LogP contribution in [0.25, 0.3) is 0 Å². The van der Waals surface area contributed by atoms with Crippen LogP contribution in [0.3, 0.4) is 0 Å². The molecule has 0 aliphatic rings. The second kappa shape index (κ2) is 5.51. The highest BCUT2D eigenvalue weighted by Crippen LogP contribution is 2.22. The van der Waals surface area contributed by atoms with Gasteiger partial charge in [0.2, 0.25) is 0 Å². The second-order valence-electron chi connectivity index (χ2n) is 3.74. The van der Waals surface area contributed by atoms with E-state index in [4.69, 9.17) is 10.00 Å². The molecule has 1 aromatic heterocycles. The molecule has 0 N–H and O–H groups in total. The summed E-state index contributed by atoms with van der Waals surface area (Å²) in [6.45, 7) is 2.57. The molecule has 0 fully saturated rings. The summed E-state index contributed by atoms with van der Waals surface area (Å²) in [7, 11) is 0. The Morgan fingerprint density at radius 3 is 2.88 bits per heavy atom. The number of benzene rings is 1. The zero-order valence-electron chi connectivity index (χ0n) is 9.64. The molecule has 1 heterocycles. The maximum atomic E-state index is 9.00. The summed E-state index contributed by atoms with van der Waals surface area (Å²) in [5.41, 5.74) is 1.62. The molecule has 86 valence electrons. The molecular formula is C14H13NOS. The fourth-order valence-electron chi connectivity index (χ4n) is 1.64. The molecule has 0 aliphatic carbocycles. The molecule has 2 rings (SSSR count). The Bertz CT molecular complexity index is 526. The van der Waals surface area contributed by atoms with Crippen molar-refractivity contribution in [1.82, 2.24) is 0 Å². The van der Waals surface area contributed by atoms with Crippen molar-refractivity contribution in [3.8, 4) is 11.8 Å². The minimum atomic E-state index is 0.608. The molecule has 1 aromatic carbocycles. The van der Waals surface area contributed by atoms with Gasteiger partial charge in [-0.2, -0.15) is 5.26 Å². The van der Waals surface area contributed by atoms with Gasteiger partial charge in [-0.05, 0) is 30.0 Å². The van der Waals surface area contributed by atoms with Gasteiger partial charge in [-0.3, -0.25) is 0 Å². The summed E-state index contributed by atoms with van der Waals surface area (Å²) in [4.78, 5) is 1.30. The number of nitrogens with zero attached hydrogens (tertiary/aromatic N) is 1. The summed E-state index contributed by atoms with van der Waals surface area (Å²) >= 11 is 1.73. The van der Waals surface area contributed by atoms with Crippen molar-refractivity contribution in [2.24, 2.45) is 0 Å². The highest BCUT2D eigenvalue weighted by atomic mass is 32.1. The number of nitriles is 1. The van der Waals surface area contributed by atoms with Gasteiger partial charge in [-0.15, -0.1) is 11.3 Å². The first-order chi connectivity index (χ1) is 8.31. The quantitative estimate of drug-likeness (QED) is 0.822. The molecular weight excluding hydrogens is 230 g/mol. The summed E-state index contributed by atoms with van der Waals surface area (Å²) in [6.07, 6.45) is 0.886. The van der Waals surface area contributed by atoms with Crippen molar-refractivity contribution in [2.75, 3.05) is 6.61 Å². The molecule has 0 aliphatic heterocycles. The van der Waals surface area contributed by atoms with Crippen molar-refractivity contribution in [1.29, 1.82) is 5.26 Å². The fourth-order valence-corrected chi connectivity index (χ4v) is 2.33. The summed E-state index contributed by atoms with van der Waals surface area (Å²) < 4.78 is 5.72. The van der Waals surface area contributed by atoms with Crippen LogP contribution in [-0.2, 0) is 6.42 Å². The molecule has 0 radical (unpaired) electrons. The van der Waals surface area contributed by atoms with Gasteiger partial charge >= 0.3 is 0 Å². The minimum absolute atomic E-state index is 0.608. The molecule has 0 saturated heterocycles. The Balaban J connectivity index is 2.02. The van der Waals surface area contributed by atoms with Crippen molar-refractivity contribution >= 4 is 11.3 Å². The Morgan fingerprint density at radius 2 is 2.18 bits per heavy atom. The number of para-hydroxylation sites is 1. The third-order valence-corrected chi connectivity index (χ3v) is 3.44. The number of hydrogen-bond acceptors (Lipinski definition) is 3. The van der Waals surface area contributed by atoms with E-state index in [9.17, 15) is 0 Å². The lowest BCUT2D eigenvalue weighted by Crippen LogP contribution is -2.03. The van der Waals surface area contributed by atoms with E-state index in [0.717, 1.165) is 12.0 Å². The highest BCUT2D eigenvalue weighted by Gasteiger charge is 2.06. The first-order valence-corrected chi connectivity index (χ1v) is 6.34. The van der Waals surface area contributed by atoms with Crippen LogP contribution in [0.2, 0.25) is 0 Å². The molecule has 0 saturated carbocycles. The fraction of sp³-hybridized carbons (Fsp3) is 0.214. The maximum absolute atomic E-state index is 9.00. The van der Waals surface area contributed by atoms with E-state index < -0.39 is 0 Å². The summed E-state index contributed by atoms with van der Waals surface area (Å²) in [6, 6.07) is 11.9. The van der Waals surface area contributed by atoms with Crippen LogP contribution in [0.1, 0.15) is 16.0 Å². The average Bonchev–Trinajstić information content (AvgIpc) is 2.84. The Hall–Kier alpha value is -1.79. The van der Waals surface area contributed by atoms with Crippen molar-refractivity contribution < 1.29 is 4.74 Å². The van der Waals surface area contributed by atoms with Crippen molar-refractivity contribution in [3.63, 3.8) is 0 Å². The van der Waals surface area contributed by atoms with Gasteiger partial charge in [0.15, 0.2) is 0 Å². The van der Waals surface area contributed by atoms with Gasteiger partial charge in [-0.25, -0.2) is 0 Å². The Morgan fingerprint density at radius 1 is 1.29 bits per heavy atom. The van der Waals surface area contributed by atoms with Crippen LogP contribution >= 0.6 is 11.3 Å². The molecule has 2 aromatic rings. The lowest BCUT2D eigenvalue weighted by molar-refractivity contribution is 0.320. The summed E-state index contributed by atoms with van der Waals surface area (Å²) in [5.74, 6) is 0.714. The lowest BCUT2D eigenvalue weighted by atomic mass is 10.1. The number of rotatable bonds is 4. The van der Waals surface area contributed by atoms with Gasteiger partial charge in [-0.1, -0.05) is 18.2 Å². The molecule has 0 unspecified atom stereocenters. The molecule has 0 amide bonds. The number of aryl methyl sites for hydroxylation is 1. The zero-order chi connectivity index (χ0) is 12.1. The minimum Gasteiger partial charge on any atom is -0.492 e. The number of thiophene rings is 1. The van der Waals surface area contributed by atoms with E-state index >= 15 is 0 Å². The normalized spacial score (nSPS) is 9.88. The Kier molecular flexibility index (Phi) is 3.79. The van der Waals surface area contributed by atoms with Gasteiger partial charge < -0.3 is 4.74 Å². The monoisotopic (exact) mass is 243 g/mol. The van der Waals surface area contributed by atoms with Crippen LogP contribution in [0, 0.1) is 18.3 Å². The molecule has 3 heteroatoms. The molecule has 17 heavy (non-hydrogen) atoms. The van der Waals surface area contributed by atoms with E-state index in [1.165, 1.54) is 4.88 Å². The third-order valence-electron chi connectivity index (χ3n) is 2.51. The lowest BCUT2D eigenvalue weighted by Gasteiger charge is -2.09. The van der Waals surface area contributed by atoms with Gasteiger partial charge in [0.05, 0.1) is 12.2 Å². The predicted octanol–water partition coefficient (Wildman–Crippen LogP) is 3.55. The van der Waals surface area contributed by atoms with Gasteiger partial charge in [0, 0.05) is 11.3 Å². The largest absolute Gasteiger partial charge is 0.492 e. The third kappa shape index (κ3) is 2.86. The van der Waals surface area contributed by atoms with E-state index in [0.29, 0.717) is 17.9 Å². The topological polar surface area (TPSA) is 33.0 Å². The van der Waals surface area contributed by atoms with E-state index in [1.54, 1.807) is 17.4 Å². The van der Waals surface area contributed by atoms with E-state index in [1.807, 2.05) is 25.1 Å². The van der Waals surface area contributed by atoms with Crippen molar-refractivity contribution in [3.05, 3.63) is 51.7 Å². The van der Waals surface area contributed by atoms with Crippen LogP contribution < -0.4 is 4.74 Å². The van der Waals surface area contributed by atoms with Gasteiger partial charge in [0.1, 0.15) is 11.8 Å². The SMILES string of the molecule is Cc1cccc(C#N)c1OCCc1cccs1. The molecule has 0 spiro atoms. The van der Waals surface area contributed by atoms with Gasteiger partial charge in [0.25, 0.3) is 0 Å². The summed E-state index contributed by atoms with van der Waals surface area (Å²) in [5, 5.41) is 11.1. The molecule has 0 bridgehead atoms. The molecule has 2 nitrogen and oxygen atoms in total. The average molecular weight is 243 g/mol. The highest BCUT2D eigenvalue weighted by molar-refractivity contribution is 7.09. The standard InChI is InChI=1S/C14H13NOS/c1-11-4-2-5-12(10-15)14(11)16-8-7-13-6-3-9-17-13/h2-6,9H,7-8H2,1H3.